The topological polar surface area (TPSA) is 49.6 Å². The Bertz CT molecular complexity index is 169. The van der Waals surface area contributed by atoms with E-state index in [-0.39, 0.29) is 5.95 Å². The maximum Gasteiger partial charge on any atom is 0.242 e. The van der Waals surface area contributed by atoms with Crippen molar-refractivity contribution in [3.63, 3.8) is 0 Å². The predicted molar refractivity (Wildman–Crippen MR) is 34.3 cm³/mol. The summed E-state index contributed by atoms with van der Waals surface area (Å²) in [7, 11) is 0. The Morgan fingerprint density at radius 3 is 2.00 bits per heavy atom. The third-order valence-electron chi connectivity index (χ3n) is 0.982. The second kappa shape index (κ2) is 2.01. The quantitative estimate of drug-likeness (QED) is 0.515. The molecule has 0 saturated carbocycles. The maximum absolute atomic E-state index is 7.05. The number of nitrogens with one attached hydrogen (secondary N) is 1. The molecule has 0 aliphatic carbocycles. The number of hydrogen-bond donors (Lipinski definition) is 0. The second-order valence-electron chi connectivity index (χ2n) is 1.97. The molecule has 9 heavy (non-hydrogen) atoms. The molecule has 1 rings (SSSR count). The molecule has 47 valence electrons. The van der Waals surface area contributed by atoms with Gasteiger partial charge in [0, 0.05) is 11.4 Å². The van der Waals surface area contributed by atoms with Crippen LogP contribution in [0.25, 0.3) is 0 Å². The molecular weight excluding hydrogens is 114 g/mol. The van der Waals surface area contributed by atoms with Crippen LogP contribution in [-0.4, -0.2) is 9.97 Å². The zero-order valence-electron chi connectivity index (χ0n) is 5.47. The zero-order valence-corrected chi connectivity index (χ0v) is 5.47. The summed E-state index contributed by atoms with van der Waals surface area (Å²) in [5.74, 6) is 0.104. The standard InChI is InChI=1S/C6H8N3/c1-4-3-5(2)9-6(7)8-4/h3,7H,1-2H3. The lowest BCUT2D eigenvalue weighted by Crippen LogP contribution is -1.89. The van der Waals surface area contributed by atoms with Crippen LogP contribution in [-0.2, 0) is 0 Å². The predicted octanol–water partition coefficient (Wildman–Crippen LogP) is 1.01. The van der Waals surface area contributed by atoms with E-state index in [0.717, 1.165) is 11.4 Å². The van der Waals surface area contributed by atoms with Gasteiger partial charge in [-0.3, -0.25) is 5.73 Å². The first kappa shape index (κ1) is 6.01. The summed E-state index contributed by atoms with van der Waals surface area (Å²) in [4.78, 5) is 7.58. The lowest BCUT2D eigenvalue weighted by atomic mass is 10.4. The monoisotopic (exact) mass is 122 g/mol. The van der Waals surface area contributed by atoms with Crippen LogP contribution in [0.5, 0.6) is 0 Å². The molecule has 1 radical (unpaired) electrons. The highest BCUT2D eigenvalue weighted by atomic mass is 15.0. The molecule has 0 atom stereocenters. The molecule has 0 aliphatic heterocycles. The fourth-order valence-electron chi connectivity index (χ4n) is 0.726. The molecule has 0 amide bonds. The fourth-order valence-corrected chi connectivity index (χ4v) is 0.726. The minimum atomic E-state index is 0.104. The van der Waals surface area contributed by atoms with E-state index < -0.39 is 0 Å². The van der Waals surface area contributed by atoms with Gasteiger partial charge in [0.25, 0.3) is 0 Å². The summed E-state index contributed by atoms with van der Waals surface area (Å²) in [5, 5.41) is 0. The van der Waals surface area contributed by atoms with E-state index in [1.165, 1.54) is 0 Å². The summed E-state index contributed by atoms with van der Waals surface area (Å²) < 4.78 is 0. The summed E-state index contributed by atoms with van der Waals surface area (Å²) in [5.41, 5.74) is 8.76. The molecule has 0 saturated heterocycles. The van der Waals surface area contributed by atoms with Gasteiger partial charge >= 0.3 is 0 Å². The Kier molecular flexibility index (Phi) is 1.34. The molecule has 0 unspecified atom stereocenters. The van der Waals surface area contributed by atoms with Gasteiger partial charge in [0.1, 0.15) is 0 Å². The van der Waals surface area contributed by atoms with Crippen LogP contribution in [0.2, 0.25) is 0 Å². The highest BCUT2D eigenvalue weighted by Crippen LogP contribution is 1.99. The SMILES string of the molecule is Cc1cc(C)nc([NH])n1. The molecule has 1 heterocycles. The van der Waals surface area contributed by atoms with Gasteiger partial charge in [-0.15, -0.1) is 0 Å². The van der Waals surface area contributed by atoms with Crippen molar-refractivity contribution in [2.24, 2.45) is 0 Å². The molecule has 0 fully saturated rings. The summed E-state index contributed by atoms with van der Waals surface area (Å²) in [6.07, 6.45) is 0. The van der Waals surface area contributed by atoms with Crippen molar-refractivity contribution < 1.29 is 0 Å². The van der Waals surface area contributed by atoms with Gasteiger partial charge in [-0.1, -0.05) is 0 Å². The Hall–Kier alpha value is -1.12. The van der Waals surface area contributed by atoms with Crippen molar-refractivity contribution in [2.45, 2.75) is 13.8 Å². The van der Waals surface area contributed by atoms with E-state index in [0.29, 0.717) is 0 Å². The lowest BCUT2D eigenvalue weighted by Gasteiger charge is -1.93. The number of hydrogen-bond acceptors (Lipinski definition) is 2. The van der Waals surface area contributed by atoms with E-state index >= 15 is 0 Å². The van der Waals surface area contributed by atoms with Crippen LogP contribution in [0.15, 0.2) is 6.07 Å². The van der Waals surface area contributed by atoms with Gasteiger partial charge in [-0.25, -0.2) is 9.97 Å². The second-order valence-corrected chi connectivity index (χ2v) is 1.97. The molecule has 0 aliphatic rings. The Labute approximate surface area is 53.9 Å². The molecule has 0 bridgehead atoms. The van der Waals surface area contributed by atoms with Crippen molar-refractivity contribution >= 4 is 5.95 Å². The normalized spacial score (nSPS) is 9.56. The van der Waals surface area contributed by atoms with Gasteiger partial charge in [-0.05, 0) is 19.9 Å². The summed E-state index contributed by atoms with van der Waals surface area (Å²) >= 11 is 0. The minimum Gasteiger partial charge on any atom is -0.265 e. The first-order valence-corrected chi connectivity index (χ1v) is 2.72. The Morgan fingerprint density at radius 2 is 1.67 bits per heavy atom. The minimum absolute atomic E-state index is 0.104. The highest BCUT2D eigenvalue weighted by Gasteiger charge is 1.91. The average molecular weight is 122 g/mol. The average Bonchev–Trinajstić information content (AvgIpc) is 1.59. The number of nitrogens with zero attached hydrogens (tertiary/aromatic N) is 2. The lowest BCUT2D eigenvalue weighted by molar-refractivity contribution is 1.03. The molecule has 1 N–H and O–H groups in total. The van der Waals surface area contributed by atoms with Crippen molar-refractivity contribution in [1.82, 2.24) is 15.7 Å². The number of aromatic nitrogens is 2. The molecular formula is C6H8N3. The van der Waals surface area contributed by atoms with Gasteiger partial charge in [0.15, 0.2) is 0 Å². The van der Waals surface area contributed by atoms with E-state index in [4.69, 9.17) is 5.73 Å². The smallest absolute Gasteiger partial charge is 0.242 e. The van der Waals surface area contributed by atoms with Gasteiger partial charge in [-0.2, -0.15) is 0 Å². The maximum atomic E-state index is 7.05. The van der Waals surface area contributed by atoms with Crippen molar-refractivity contribution in [2.75, 3.05) is 0 Å². The molecule has 3 heteroatoms. The van der Waals surface area contributed by atoms with E-state index in [1.54, 1.807) is 0 Å². The van der Waals surface area contributed by atoms with E-state index in [2.05, 4.69) is 9.97 Å². The van der Waals surface area contributed by atoms with E-state index in [9.17, 15) is 0 Å². The molecule has 0 aromatic carbocycles. The van der Waals surface area contributed by atoms with Gasteiger partial charge in [0.2, 0.25) is 5.95 Å². The van der Waals surface area contributed by atoms with Crippen LogP contribution in [0.4, 0.5) is 5.95 Å². The number of rotatable bonds is 0. The van der Waals surface area contributed by atoms with Crippen LogP contribution in [0, 0.1) is 13.8 Å². The first-order chi connectivity index (χ1) is 4.18. The molecule has 1 aromatic heterocycles. The Balaban J connectivity index is 3.17. The highest BCUT2D eigenvalue weighted by molar-refractivity contribution is 5.17. The van der Waals surface area contributed by atoms with Gasteiger partial charge in [0.05, 0.1) is 0 Å². The third-order valence-corrected chi connectivity index (χ3v) is 0.982. The molecule has 0 spiro atoms. The largest absolute Gasteiger partial charge is 0.265 e. The van der Waals surface area contributed by atoms with Crippen LogP contribution in [0.1, 0.15) is 11.4 Å². The first-order valence-electron chi connectivity index (χ1n) is 2.72. The summed E-state index contributed by atoms with van der Waals surface area (Å²) in [6.45, 7) is 3.71. The Morgan fingerprint density at radius 1 is 1.22 bits per heavy atom. The van der Waals surface area contributed by atoms with Crippen molar-refractivity contribution in [3.8, 4) is 0 Å². The number of aryl methyl sites for hydroxylation is 2. The zero-order chi connectivity index (χ0) is 6.85. The van der Waals surface area contributed by atoms with Crippen LogP contribution >= 0.6 is 0 Å². The molecule has 3 nitrogen and oxygen atoms in total. The van der Waals surface area contributed by atoms with Crippen molar-refractivity contribution in [3.05, 3.63) is 17.5 Å². The van der Waals surface area contributed by atoms with Gasteiger partial charge < -0.3 is 0 Å². The summed E-state index contributed by atoms with van der Waals surface area (Å²) in [6, 6.07) is 1.85. The van der Waals surface area contributed by atoms with E-state index in [1.807, 2.05) is 19.9 Å². The van der Waals surface area contributed by atoms with Crippen LogP contribution in [0.3, 0.4) is 0 Å². The van der Waals surface area contributed by atoms with Crippen molar-refractivity contribution in [1.29, 1.82) is 0 Å². The molecule has 1 aromatic rings. The van der Waals surface area contributed by atoms with Crippen LogP contribution < -0.4 is 5.73 Å². The fraction of sp³-hybridized carbons (Fsp3) is 0.333. The third kappa shape index (κ3) is 1.38.